The van der Waals surface area contributed by atoms with Crippen LogP contribution in [0.15, 0.2) is 30.3 Å². The van der Waals surface area contributed by atoms with Gasteiger partial charge in [-0.15, -0.1) is 0 Å². The quantitative estimate of drug-likeness (QED) is 0.909. The topological polar surface area (TPSA) is 27.7 Å². The standard InChI is InChI=1S/C17H27N3O/c1-14-10-18-17(15-6-4-3-5-7-15)13-20(14)12-16-11-19(2)8-9-21-16/h3-7,14,16-18H,8-13H2,1-2H3. The molecule has 0 bridgehead atoms. The number of rotatable bonds is 3. The molecule has 0 aliphatic carbocycles. The van der Waals surface area contributed by atoms with Crippen LogP contribution < -0.4 is 5.32 Å². The van der Waals surface area contributed by atoms with E-state index in [1.165, 1.54) is 5.56 Å². The maximum Gasteiger partial charge on any atom is 0.0829 e. The van der Waals surface area contributed by atoms with Gasteiger partial charge in [0, 0.05) is 44.8 Å². The van der Waals surface area contributed by atoms with Gasteiger partial charge in [0.1, 0.15) is 0 Å². The summed E-state index contributed by atoms with van der Waals surface area (Å²) in [7, 11) is 2.18. The number of morpholine rings is 1. The number of piperazine rings is 1. The molecule has 4 heteroatoms. The minimum atomic E-state index is 0.348. The molecule has 3 rings (SSSR count). The average molecular weight is 289 g/mol. The van der Waals surface area contributed by atoms with E-state index in [0.717, 1.165) is 39.3 Å². The Morgan fingerprint density at radius 3 is 2.81 bits per heavy atom. The lowest BCUT2D eigenvalue weighted by Crippen LogP contribution is -2.55. The Balaban J connectivity index is 1.61. The lowest BCUT2D eigenvalue weighted by atomic mass is 10.0. The highest BCUT2D eigenvalue weighted by atomic mass is 16.5. The molecule has 3 unspecified atom stereocenters. The zero-order valence-electron chi connectivity index (χ0n) is 13.2. The number of hydrogen-bond donors (Lipinski definition) is 1. The van der Waals surface area contributed by atoms with Crippen molar-refractivity contribution < 1.29 is 4.74 Å². The lowest BCUT2D eigenvalue weighted by molar-refractivity contribution is -0.0452. The van der Waals surface area contributed by atoms with Gasteiger partial charge in [0.15, 0.2) is 0 Å². The highest BCUT2D eigenvalue weighted by molar-refractivity contribution is 5.20. The number of hydrogen-bond acceptors (Lipinski definition) is 4. The van der Waals surface area contributed by atoms with Crippen LogP contribution in [0.5, 0.6) is 0 Å². The van der Waals surface area contributed by atoms with E-state index >= 15 is 0 Å². The van der Waals surface area contributed by atoms with Gasteiger partial charge < -0.3 is 15.0 Å². The fourth-order valence-electron chi connectivity index (χ4n) is 3.32. The summed E-state index contributed by atoms with van der Waals surface area (Å²) in [5.41, 5.74) is 1.39. The zero-order valence-corrected chi connectivity index (χ0v) is 13.2. The molecule has 2 fully saturated rings. The van der Waals surface area contributed by atoms with Crippen LogP contribution in [0, 0.1) is 0 Å². The molecule has 0 aromatic heterocycles. The minimum absolute atomic E-state index is 0.348. The van der Waals surface area contributed by atoms with Crippen LogP contribution in [0.4, 0.5) is 0 Å². The Morgan fingerprint density at radius 2 is 2.05 bits per heavy atom. The minimum Gasteiger partial charge on any atom is -0.374 e. The van der Waals surface area contributed by atoms with Crippen LogP contribution in [0.2, 0.25) is 0 Å². The number of nitrogens with one attached hydrogen (secondary N) is 1. The summed E-state index contributed by atoms with van der Waals surface area (Å²) in [5, 5.41) is 3.67. The van der Waals surface area contributed by atoms with Gasteiger partial charge in [-0.3, -0.25) is 4.90 Å². The SMILES string of the molecule is CC1CNC(c2ccccc2)CN1CC1CN(C)CCO1. The molecule has 2 aliphatic heterocycles. The third-order valence-corrected chi connectivity index (χ3v) is 4.68. The predicted molar refractivity (Wildman–Crippen MR) is 85.5 cm³/mol. The average Bonchev–Trinajstić information content (AvgIpc) is 2.50. The Bertz CT molecular complexity index is 439. The van der Waals surface area contributed by atoms with Gasteiger partial charge in [-0.05, 0) is 19.5 Å². The summed E-state index contributed by atoms with van der Waals surface area (Å²) < 4.78 is 5.94. The van der Waals surface area contributed by atoms with E-state index in [9.17, 15) is 0 Å². The second-order valence-electron chi connectivity index (χ2n) is 6.43. The fraction of sp³-hybridized carbons (Fsp3) is 0.647. The maximum atomic E-state index is 5.94. The molecule has 0 spiro atoms. The van der Waals surface area contributed by atoms with Crippen molar-refractivity contribution in [3.63, 3.8) is 0 Å². The van der Waals surface area contributed by atoms with Gasteiger partial charge in [0.05, 0.1) is 12.7 Å². The second kappa shape index (κ2) is 6.88. The number of ether oxygens (including phenoxy) is 1. The highest BCUT2D eigenvalue weighted by Gasteiger charge is 2.29. The first kappa shape index (κ1) is 15.0. The third kappa shape index (κ3) is 3.83. The van der Waals surface area contributed by atoms with E-state index in [-0.39, 0.29) is 0 Å². The molecule has 3 atom stereocenters. The van der Waals surface area contributed by atoms with Crippen molar-refractivity contribution in [2.24, 2.45) is 0 Å². The smallest absolute Gasteiger partial charge is 0.0829 e. The van der Waals surface area contributed by atoms with Crippen molar-refractivity contribution in [1.82, 2.24) is 15.1 Å². The zero-order chi connectivity index (χ0) is 14.7. The summed E-state index contributed by atoms with van der Waals surface area (Å²) in [4.78, 5) is 4.95. The molecule has 0 amide bonds. The molecule has 21 heavy (non-hydrogen) atoms. The normalized spacial score (nSPS) is 32.2. The van der Waals surface area contributed by atoms with Crippen LogP contribution in [0.1, 0.15) is 18.5 Å². The van der Waals surface area contributed by atoms with Crippen molar-refractivity contribution in [3.05, 3.63) is 35.9 Å². The molecule has 0 saturated carbocycles. The van der Waals surface area contributed by atoms with Crippen molar-refractivity contribution in [3.8, 4) is 0 Å². The van der Waals surface area contributed by atoms with Crippen LogP contribution in [-0.4, -0.2) is 68.3 Å². The molecule has 116 valence electrons. The molecule has 2 saturated heterocycles. The molecule has 4 nitrogen and oxygen atoms in total. The van der Waals surface area contributed by atoms with E-state index in [1.807, 2.05) is 0 Å². The van der Waals surface area contributed by atoms with Gasteiger partial charge >= 0.3 is 0 Å². The van der Waals surface area contributed by atoms with Crippen LogP contribution >= 0.6 is 0 Å². The Hall–Kier alpha value is -0.940. The van der Waals surface area contributed by atoms with Crippen molar-refractivity contribution in [1.29, 1.82) is 0 Å². The number of nitrogens with zero attached hydrogens (tertiary/aromatic N) is 2. The molecule has 2 heterocycles. The first-order valence-electron chi connectivity index (χ1n) is 8.05. The fourth-order valence-corrected chi connectivity index (χ4v) is 3.32. The number of benzene rings is 1. The van der Waals surface area contributed by atoms with Crippen LogP contribution in [0.3, 0.4) is 0 Å². The van der Waals surface area contributed by atoms with E-state index in [4.69, 9.17) is 4.74 Å². The first-order chi connectivity index (χ1) is 10.2. The van der Waals surface area contributed by atoms with E-state index in [1.54, 1.807) is 0 Å². The molecule has 1 N–H and O–H groups in total. The summed E-state index contributed by atoms with van der Waals surface area (Å²) >= 11 is 0. The molecule has 0 radical (unpaired) electrons. The monoisotopic (exact) mass is 289 g/mol. The molecule has 1 aromatic carbocycles. The second-order valence-corrected chi connectivity index (χ2v) is 6.43. The van der Waals surface area contributed by atoms with E-state index in [2.05, 4.69) is 59.4 Å². The molecule has 1 aromatic rings. The Morgan fingerprint density at radius 1 is 1.24 bits per heavy atom. The number of likely N-dealkylation sites (N-methyl/N-ethyl adjacent to an activating group) is 1. The van der Waals surface area contributed by atoms with Crippen molar-refractivity contribution >= 4 is 0 Å². The molecule has 2 aliphatic rings. The lowest BCUT2D eigenvalue weighted by Gasteiger charge is -2.42. The first-order valence-corrected chi connectivity index (χ1v) is 8.05. The Labute approximate surface area is 128 Å². The summed E-state index contributed by atoms with van der Waals surface area (Å²) in [6, 6.07) is 11.8. The largest absolute Gasteiger partial charge is 0.374 e. The molecular weight excluding hydrogens is 262 g/mol. The third-order valence-electron chi connectivity index (χ3n) is 4.68. The summed E-state index contributed by atoms with van der Waals surface area (Å²) in [6.45, 7) is 8.42. The highest BCUT2D eigenvalue weighted by Crippen LogP contribution is 2.20. The van der Waals surface area contributed by atoms with Crippen molar-refractivity contribution in [2.75, 3.05) is 46.4 Å². The van der Waals surface area contributed by atoms with Gasteiger partial charge in [0.25, 0.3) is 0 Å². The Kier molecular flexibility index (Phi) is 4.91. The van der Waals surface area contributed by atoms with Gasteiger partial charge in [-0.2, -0.15) is 0 Å². The van der Waals surface area contributed by atoms with Crippen LogP contribution in [-0.2, 0) is 4.74 Å². The van der Waals surface area contributed by atoms with Gasteiger partial charge in [-0.25, -0.2) is 0 Å². The van der Waals surface area contributed by atoms with Gasteiger partial charge in [-0.1, -0.05) is 30.3 Å². The predicted octanol–water partition coefficient (Wildman–Crippen LogP) is 1.35. The molecular formula is C17H27N3O. The maximum absolute atomic E-state index is 5.94. The van der Waals surface area contributed by atoms with E-state index in [0.29, 0.717) is 18.2 Å². The van der Waals surface area contributed by atoms with Crippen LogP contribution in [0.25, 0.3) is 0 Å². The summed E-state index contributed by atoms with van der Waals surface area (Å²) in [6.07, 6.45) is 0.348. The van der Waals surface area contributed by atoms with Crippen molar-refractivity contribution in [2.45, 2.75) is 25.1 Å². The summed E-state index contributed by atoms with van der Waals surface area (Å²) in [5.74, 6) is 0. The van der Waals surface area contributed by atoms with E-state index < -0.39 is 0 Å². The van der Waals surface area contributed by atoms with Gasteiger partial charge in [0.2, 0.25) is 0 Å².